The van der Waals surface area contributed by atoms with Crippen LogP contribution in [-0.2, 0) is 19.9 Å². The Kier molecular flexibility index (Phi) is 6.02. The summed E-state index contributed by atoms with van der Waals surface area (Å²) < 4.78 is 15.5. The maximum absolute atomic E-state index is 15.5. The average molecular weight is 519 g/mol. The zero-order valence-electron chi connectivity index (χ0n) is 19.3. The lowest BCUT2D eigenvalue weighted by atomic mass is 9.74. The van der Waals surface area contributed by atoms with Gasteiger partial charge in [0.15, 0.2) is 0 Å². The van der Waals surface area contributed by atoms with E-state index >= 15 is 4.39 Å². The molecule has 7 nitrogen and oxygen atoms in total. The molecule has 2 aromatic rings. The molecule has 184 valence electrons. The lowest BCUT2D eigenvalue weighted by molar-refractivity contribution is -0.136. The van der Waals surface area contributed by atoms with E-state index in [0.717, 1.165) is 0 Å². The van der Waals surface area contributed by atoms with Gasteiger partial charge in [0.05, 0.1) is 11.1 Å². The monoisotopic (exact) mass is 518 g/mol. The van der Waals surface area contributed by atoms with Gasteiger partial charge in [0, 0.05) is 61.7 Å². The summed E-state index contributed by atoms with van der Waals surface area (Å²) in [6.45, 7) is 0.446. The number of likely N-dealkylation sites (tertiary alicyclic amines) is 1. The molecule has 10 heteroatoms. The largest absolute Gasteiger partial charge is 0.349 e. The van der Waals surface area contributed by atoms with Gasteiger partial charge in [-0.1, -0.05) is 41.4 Å². The number of nitrogens with zero attached hydrogens (tertiary/aromatic N) is 2. The zero-order chi connectivity index (χ0) is 25.1. The summed E-state index contributed by atoms with van der Waals surface area (Å²) in [5.74, 6) is -2.03. The molecule has 0 bridgehead atoms. The maximum atomic E-state index is 15.5. The highest BCUT2D eigenvalue weighted by molar-refractivity contribution is 6.31. The molecule has 0 aromatic heterocycles. The van der Waals surface area contributed by atoms with E-state index in [4.69, 9.17) is 23.2 Å². The van der Waals surface area contributed by atoms with Gasteiger partial charge in [0.25, 0.3) is 0 Å². The standard InChI is InChI=1S/C25H25Cl2FN4O3/c1-31(2)19(33)8-9-20(34)32-11-10-17-23(32)21(14-4-3-5-16(27)22(14)28)25(30-17)15-7-6-13(26)12-18(15)29-24(25)35/h3-7,12,17,21,23,30H,8-11H2,1-2H3,(H,29,35)/t17-,21-,23?,25+/m0/s1. The van der Waals surface area contributed by atoms with Crippen molar-refractivity contribution in [3.8, 4) is 0 Å². The van der Waals surface area contributed by atoms with Crippen molar-refractivity contribution in [2.75, 3.05) is 26.0 Å². The minimum atomic E-state index is -1.31. The number of hydrogen-bond acceptors (Lipinski definition) is 4. The molecule has 35 heavy (non-hydrogen) atoms. The highest BCUT2D eigenvalue weighted by atomic mass is 35.5. The average Bonchev–Trinajstić information content (AvgIpc) is 3.44. The Morgan fingerprint density at radius 2 is 1.97 bits per heavy atom. The van der Waals surface area contributed by atoms with Crippen molar-refractivity contribution >= 4 is 46.6 Å². The number of nitrogens with one attached hydrogen (secondary N) is 2. The van der Waals surface area contributed by atoms with Gasteiger partial charge in [-0.05, 0) is 30.2 Å². The van der Waals surface area contributed by atoms with Crippen LogP contribution in [0.25, 0.3) is 0 Å². The Hall–Kier alpha value is -2.68. The fourth-order valence-electron chi connectivity index (χ4n) is 5.83. The van der Waals surface area contributed by atoms with Gasteiger partial charge >= 0.3 is 0 Å². The first kappa shape index (κ1) is 24.0. The molecule has 5 rings (SSSR count). The molecule has 0 radical (unpaired) electrons. The van der Waals surface area contributed by atoms with E-state index in [1.807, 2.05) is 0 Å². The van der Waals surface area contributed by atoms with Crippen LogP contribution in [0.3, 0.4) is 0 Å². The number of fused-ring (bicyclic) bond motifs is 3. The van der Waals surface area contributed by atoms with Gasteiger partial charge in [-0.2, -0.15) is 0 Å². The molecule has 3 aliphatic rings. The molecule has 3 heterocycles. The first-order chi connectivity index (χ1) is 16.6. The first-order valence-corrected chi connectivity index (χ1v) is 12.2. The fourth-order valence-corrected chi connectivity index (χ4v) is 6.19. The van der Waals surface area contributed by atoms with Crippen molar-refractivity contribution in [2.45, 2.75) is 42.8 Å². The first-order valence-electron chi connectivity index (χ1n) is 11.5. The summed E-state index contributed by atoms with van der Waals surface area (Å²) in [4.78, 5) is 42.2. The maximum Gasteiger partial charge on any atom is 0.250 e. The summed E-state index contributed by atoms with van der Waals surface area (Å²) in [6, 6.07) is 9.10. The smallest absolute Gasteiger partial charge is 0.250 e. The van der Waals surface area contributed by atoms with Crippen molar-refractivity contribution in [3.05, 3.63) is 63.4 Å². The lowest BCUT2D eigenvalue weighted by Crippen LogP contribution is -2.50. The molecule has 2 fully saturated rings. The summed E-state index contributed by atoms with van der Waals surface area (Å²) in [6.07, 6.45) is 0.710. The highest BCUT2D eigenvalue weighted by Crippen LogP contribution is 2.55. The molecular weight excluding hydrogens is 494 g/mol. The molecule has 4 atom stereocenters. The van der Waals surface area contributed by atoms with E-state index in [2.05, 4.69) is 10.6 Å². The molecule has 0 aliphatic carbocycles. The van der Waals surface area contributed by atoms with Crippen LogP contribution < -0.4 is 10.6 Å². The molecule has 3 amide bonds. The molecule has 3 aliphatic heterocycles. The van der Waals surface area contributed by atoms with Crippen molar-refractivity contribution in [3.63, 3.8) is 0 Å². The number of amides is 3. The van der Waals surface area contributed by atoms with Crippen LogP contribution >= 0.6 is 23.2 Å². The van der Waals surface area contributed by atoms with Gasteiger partial charge in [0.1, 0.15) is 11.4 Å². The van der Waals surface area contributed by atoms with Crippen molar-refractivity contribution in [2.24, 2.45) is 0 Å². The third-order valence-electron chi connectivity index (χ3n) is 7.38. The second kappa shape index (κ2) is 8.76. The normalized spacial score (nSPS) is 26.6. The Labute approximate surface area is 212 Å². The van der Waals surface area contributed by atoms with E-state index in [1.54, 1.807) is 49.3 Å². The minimum Gasteiger partial charge on any atom is -0.349 e. The third-order valence-corrected chi connectivity index (χ3v) is 7.90. The van der Waals surface area contributed by atoms with Gasteiger partial charge < -0.3 is 15.1 Å². The van der Waals surface area contributed by atoms with E-state index < -0.39 is 23.3 Å². The number of carbonyl (C=O) groups excluding carboxylic acids is 3. The topological polar surface area (TPSA) is 81.8 Å². The summed E-state index contributed by atoms with van der Waals surface area (Å²) in [5, 5.41) is 6.79. The Balaban J connectivity index is 1.60. The number of benzene rings is 2. The van der Waals surface area contributed by atoms with E-state index in [9.17, 15) is 14.4 Å². The fraction of sp³-hybridized carbons (Fsp3) is 0.400. The second-order valence-corrected chi connectivity index (χ2v) is 10.3. The second-order valence-electron chi connectivity index (χ2n) is 9.48. The zero-order valence-corrected chi connectivity index (χ0v) is 20.8. The van der Waals surface area contributed by atoms with E-state index in [0.29, 0.717) is 29.2 Å². The van der Waals surface area contributed by atoms with Crippen LogP contribution in [0.2, 0.25) is 10.0 Å². The lowest BCUT2D eigenvalue weighted by Gasteiger charge is -2.36. The molecule has 1 spiro atoms. The van der Waals surface area contributed by atoms with E-state index in [1.165, 1.54) is 11.0 Å². The highest BCUT2D eigenvalue weighted by Gasteiger charge is 2.65. The molecule has 2 saturated heterocycles. The van der Waals surface area contributed by atoms with Gasteiger partial charge in [-0.3, -0.25) is 19.7 Å². The number of halogens is 3. The SMILES string of the molecule is CN(C)C(=O)CCC(=O)N1CC[C@@H]2N[C@@]3(C(=O)Nc4cc(Cl)ccc43)[C@@H](c3cccc(Cl)c3F)C21. The van der Waals surface area contributed by atoms with Crippen molar-refractivity contribution < 1.29 is 18.8 Å². The van der Waals surface area contributed by atoms with Crippen LogP contribution in [0, 0.1) is 5.82 Å². The van der Waals surface area contributed by atoms with Crippen molar-refractivity contribution in [1.82, 2.24) is 15.1 Å². The molecular formula is C25H25Cl2FN4O3. The predicted octanol–water partition coefficient (Wildman–Crippen LogP) is 3.50. The van der Waals surface area contributed by atoms with Crippen LogP contribution in [0.5, 0.6) is 0 Å². The van der Waals surface area contributed by atoms with Crippen LogP contribution in [0.1, 0.15) is 36.3 Å². The molecule has 0 saturated carbocycles. The Morgan fingerprint density at radius 1 is 1.20 bits per heavy atom. The molecule has 1 unspecified atom stereocenters. The Bertz CT molecular complexity index is 1240. The van der Waals surface area contributed by atoms with Crippen LogP contribution in [-0.4, -0.2) is 60.2 Å². The van der Waals surface area contributed by atoms with E-state index in [-0.39, 0.29) is 47.2 Å². The van der Waals surface area contributed by atoms with Gasteiger partial charge in [-0.15, -0.1) is 0 Å². The Morgan fingerprint density at radius 3 is 2.71 bits per heavy atom. The summed E-state index contributed by atoms with van der Waals surface area (Å²) in [5.41, 5.74) is 0.163. The van der Waals surface area contributed by atoms with Crippen LogP contribution in [0.4, 0.5) is 10.1 Å². The molecule has 2 aromatic carbocycles. The summed E-state index contributed by atoms with van der Waals surface area (Å²) in [7, 11) is 3.29. The molecule has 2 N–H and O–H groups in total. The number of rotatable bonds is 4. The number of anilines is 1. The van der Waals surface area contributed by atoms with Gasteiger partial charge in [0.2, 0.25) is 17.7 Å². The summed E-state index contributed by atoms with van der Waals surface area (Å²) >= 11 is 12.3. The predicted molar refractivity (Wildman–Crippen MR) is 131 cm³/mol. The van der Waals surface area contributed by atoms with Gasteiger partial charge in [-0.25, -0.2) is 4.39 Å². The third kappa shape index (κ3) is 3.70. The van der Waals surface area contributed by atoms with Crippen molar-refractivity contribution in [1.29, 1.82) is 0 Å². The minimum absolute atomic E-state index is 0.0381. The number of carbonyl (C=O) groups is 3. The van der Waals surface area contributed by atoms with Crippen LogP contribution in [0.15, 0.2) is 36.4 Å². The quantitative estimate of drug-likeness (QED) is 0.648. The number of hydrogen-bond donors (Lipinski definition) is 2.